The highest BCUT2D eigenvalue weighted by atomic mass is 35.5. The number of nitrogens with zero attached hydrogens (tertiary/aromatic N) is 1. The number of carbonyl (C=O) groups is 2. The molecule has 1 aliphatic heterocycles. The number of benzene rings is 1. The highest BCUT2D eigenvalue weighted by molar-refractivity contribution is 6.30. The SMILES string of the molecule is C=CC(=O)N1CCOCC1CC(=O)NCCOc1ccc(Cl)cc1. The number of hydrogen-bond donors (Lipinski definition) is 1. The Morgan fingerprint density at radius 3 is 2.88 bits per heavy atom. The topological polar surface area (TPSA) is 67.9 Å². The molecule has 0 bridgehead atoms. The van der Waals surface area contributed by atoms with Gasteiger partial charge in [-0.25, -0.2) is 0 Å². The Labute approximate surface area is 146 Å². The Bertz CT molecular complexity index is 576. The van der Waals surface area contributed by atoms with Gasteiger partial charge in [0, 0.05) is 18.0 Å². The molecule has 2 amide bonds. The van der Waals surface area contributed by atoms with Gasteiger partial charge in [-0.05, 0) is 30.3 Å². The molecule has 1 fully saturated rings. The second-order valence-electron chi connectivity index (χ2n) is 5.32. The molecule has 6 nitrogen and oxygen atoms in total. The first-order chi connectivity index (χ1) is 11.6. The quantitative estimate of drug-likeness (QED) is 0.598. The minimum Gasteiger partial charge on any atom is -0.492 e. The average Bonchev–Trinajstić information content (AvgIpc) is 2.60. The zero-order valence-corrected chi connectivity index (χ0v) is 14.1. The van der Waals surface area contributed by atoms with Crippen LogP contribution in [0.4, 0.5) is 0 Å². The van der Waals surface area contributed by atoms with Crippen LogP contribution in [0.2, 0.25) is 5.02 Å². The van der Waals surface area contributed by atoms with Gasteiger partial charge in [-0.1, -0.05) is 18.2 Å². The summed E-state index contributed by atoms with van der Waals surface area (Å²) in [6.07, 6.45) is 1.46. The van der Waals surface area contributed by atoms with Crippen LogP contribution >= 0.6 is 11.6 Å². The van der Waals surface area contributed by atoms with Crippen LogP contribution in [0.15, 0.2) is 36.9 Å². The van der Waals surface area contributed by atoms with Crippen molar-refractivity contribution in [1.29, 1.82) is 0 Å². The van der Waals surface area contributed by atoms with Crippen molar-refractivity contribution in [3.63, 3.8) is 0 Å². The summed E-state index contributed by atoms with van der Waals surface area (Å²) in [5, 5.41) is 3.42. The first kappa shape index (κ1) is 18.3. The van der Waals surface area contributed by atoms with E-state index in [4.69, 9.17) is 21.1 Å². The molecule has 1 saturated heterocycles. The lowest BCUT2D eigenvalue weighted by molar-refractivity contribution is -0.137. The molecule has 1 atom stereocenters. The van der Waals surface area contributed by atoms with Crippen molar-refractivity contribution in [2.24, 2.45) is 0 Å². The van der Waals surface area contributed by atoms with Gasteiger partial charge >= 0.3 is 0 Å². The monoisotopic (exact) mass is 352 g/mol. The third-order valence-corrected chi connectivity index (χ3v) is 3.86. The summed E-state index contributed by atoms with van der Waals surface area (Å²) in [7, 11) is 0. The van der Waals surface area contributed by atoms with E-state index in [1.807, 2.05) is 0 Å². The summed E-state index contributed by atoms with van der Waals surface area (Å²) in [6, 6.07) is 6.75. The highest BCUT2D eigenvalue weighted by Gasteiger charge is 2.27. The van der Waals surface area contributed by atoms with Crippen LogP contribution in [0, 0.1) is 0 Å². The van der Waals surface area contributed by atoms with E-state index in [9.17, 15) is 9.59 Å². The van der Waals surface area contributed by atoms with Crippen molar-refractivity contribution in [3.8, 4) is 5.75 Å². The predicted octanol–water partition coefficient (Wildman–Crippen LogP) is 1.64. The molecule has 1 aromatic rings. The molecular formula is C17H21ClN2O4. The normalized spacial score (nSPS) is 17.2. The zero-order chi connectivity index (χ0) is 17.4. The number of ether oxygens (including phenoxy) is 2. The van der Waals surface area contributed by atoms with Crippen LogP contribution in [0.5, 0.6) is 5.75 Å². The zero-order valence-electron chi connectivity index (χ0n) is 13.4. The van der Waals surface area contributed by atoms with Crippen LogP contribution in [0.25, 0.3) is 0 Å². The Morgan fingerprint density at radius 2 is 2.17 bits per heavy atom. The molecule has 2 rings (SSSR count). The number of carbonyl (C=O) groups excluding carboxylic acids is 2. The van der Waals surface area contributed by atoms with Crippen molar-refractivity contribution in [2.45, 2.75) is 12.5 Å². The van der Waals surface area contributed by atoms with Crippen LogP contribution in [-0.2, 0) is 14.3 Å². The first-order valence-electron chi connectivity index (χ1n) is 7.76. The second kappa shape index (κ2) is 9.30. The smallest absolute Gasteiger partial charge is 0.246 e. The Morgan fingerprint density at radius 1 is 1.42 bits per heavy atom. The van der Waals surface area contributed by atoms with Crippen LogP contribution in [0.1, 0.15) is 6.42 Å². The molecule has 0 saturated carbocycles. The molecule has 1 aromatic carbocycles. The third kappa shape index (κ3) is 5.54. The summed E-state index contributed by atoms with van der Waals surface area (Å²) < 4.78 is 10.9. The fourth-order valence-corrected chi connectivity index (χ4v) is 2.53. The van der Waals surface area contributed by atoms with Crippen molar-refractivity contribution in [1.82, 2.24) is 10.2 Å². The molecule has 0 aromatic heterocycles. The van der Waals surface area contributed by atoms with Gasteiger partial charge in [-0.2, -0.15) is 0 Å². The summed E-state index contributed by atoms with van der Waals surface area (Å²) in [6.45, 7) is 5.53. The van der Waals surface area contributed by atoms with E-state index in [1.165, 1.54) is 6.08 Å². The van der Waals surface area contributed by atoms with E-state index in [0.29, 0.717) is 43.7 Å². The fraction of sp³-hybridized carbons (Fsp3) is 0.412. The molecule has 130 valence electrons. The molecule has 0 aliphatic carbocycles. The van der Waals surface area contributed by atoms with E-state index in [1.54, 1.807) is 29.2 Å². The third-order valence-electron chi connectivity index (χ3n) is 3.61. The van der Waals surface area contributed by atoms with Crippen LogP contribution in [0.3, 0.4) is 0 Å². The Hall–Kier alpha value is -2.05. The van der Waals surface area contributed by atoms with Crippen molar-refractivity contribution >= 4 is 23.4 Å². The predicted molar refractivity (Wildman–Crippen MR) is 91.1 cm³/mol. The van der Waals surface area contributed by atoms with Gasteiger partial charge in [-0.3, -0.25) is 9.59 Å². The van der Waals surface area contributed by atoms with E-state index in [2.05, 4.69) is 11.9 Å². The molecular weight excluding hydrogens is 332 g/mol. The maximum absolute atomic E-state index is 12.0. The van der Waals surface area contributed by atoms with Gasteiger partial charge in [-0.15, -0.1) is 0 Å². The van der Waals surface area contributed by atoms with Gasteiger partial charge in [0.2, 0.25) is 11.8 Å². The van der Waals surface area contributed by atoms with E-state index in [-0.39, 0.29) is 24.3 Å². The number of amides is 2. The lowest BCUT2D eigenvalue weighted by Gasteiger charge is -2.34. The molecule has 7 heteroatoms. The van der Waals surface area contributed by atoms with E-state index >= 15 is 0 Å². The average molecular weight is 353 g/mol. The Kier molecular flexibility index (Phi) is 7.08. The fourth-order valence-electron chi connectivity index (χ4n) is 2.41. The number of nitrogens with one attached hydrogen (secondary N) is 1. The number of rotatable bonds is 7. The highest BCUT2D eigenvalue weighted by Crippen LogP contribution is 2.15. The van der Waals surface area contributed by atoms with Crippen molar-refractivity contribution < 1.29 is 19.1 Å². The molecule has 1 unspecified atom stereocenters. The number of hydrogen-bond acceptors (Lipinski definition) is 4. The van der Waals surface area contributed by atoms with Gasteiger partial charge in [0.05, 0.1) is 25.8 Å². The second-order valence-corrected chi connectivity index (χ2v) is 5.76. The van der Waals surface area contributed by atoms with Gasteiger partial charge in [0.15, 0.2) is 0 Å². The molecule has 24 heavy (non-hydrogen) atoms. The largest absolute Gasteiger partial charge is 0.492 e. The van der Waals surface area contributed by atoms with Crippen molar-refractivity contribution in [2.75, 3.05) is 32.9 Å². The van der Waals surface area contributed by atoms with Crippen LogP contribution < -0.4 is 10.1 Å². The molecule has 0 radical (unpaired) electrons. The maximum Gasteiger partial charge on any atom is 0.246 e. The van der Waals surface area contributed by atoms with E-state index in [0.717, 1.165) is 0 Å². The Balaban J connectivity index is 1.71. The summed E-state index contributed by atoms with van der Waals surface area (Å²) >= 11 is 5.79. The molecule has 1 N–H and O–H groups in total. The maximum atomic E-state index is 12.0. The van der Waals surface area contributed by atoms with Gasteiger partial charge in [0.25, 0.3) is 0 Å². The lowest BCUT2D eigenvalue weighted by Crippen LogP contribution is -2.50. The number of halogens is 1. The van der Waals surface area contributed by atoms with Gasteiger partial charge in [0.1, 0.15) is 12.4 Å². The molecule has 1 heterocycles. The molecule has 1 aliphatic rings. The standard InChI is InChI=1S/C17H21ClN2O4/c1-2-17(22)20-8-10-23-12-14(20)11-16(21)19-7-9-24-15-5-3-13(18)4-6-15/h2-6,14H,1,7-12H2,(H,19,21). The van der Waals surface area contributed by atoms with E-state index < -0.39 is 0 Å². The molecule has 0 spiro atoms. The minimum atomic E-state index is -0.263. The minimum absolute atomic E-state index is 0.146. The van der Waals surface area contributed by atoms with Crippen molar-refractivity contribution in [3.05, 3.63) is 41.9 Å². The lowest BCUT2D eigenvalue weighted by atomic mass is 10.1. The van der Waals surface area contributed by atoms with Gasteiger partial charge < -0.3 is 19.7 Å². The summed E-state index contributed by atoms with van der Waals surface area (Å²) in [4.78, 5) is 25.4. The number of morpholine rings is 1. The summed E-state index contributed by atoms with van der Waals surface area (Å²) in [5.41, 5.74) is 0. The first-order valence-corrected chi connectivity index (χ1v) is 8.14. The van der Waals surface area contributed by atoms with Crippen LogP contribution in [-0.4, -0.2) is 55.7 Å². The summed E-state index contributed by atoms with van der Waals surface area (Å²) in [5.74, 6) is 0.367.